The quantitative estimate of drug-likeness (QED) is 0.670. The number of hydrogen-bond acceptors (Lipinski definition) is 6. The van der Waals surface area contributed by atoms with Crippen LogP contribution >= 0.6 is 0 Å². The summed E-state index contributed by atoms with van der Waals surface area (Å²) >= 11 is 0. The molecule has 1 saturated heterocycles. The van der Waals surface area contributed by atoms with Gasteiger partial charge in [-0.1, -0.05) is 6.07 Å². The van der Waals surface area contributed by atoms with Crippen molar-refractivity contribution in [3.8, 4) is 0 Å². The smallest absolute Gasteiger partial charge is 0.409 e. The van der Waals surface area contributed by atoms with Crippen molar-refractivity contribution in [1.82, 2.24) is 29.3 Å². The van der Waals surface area contributed by atoms with Gasteiger partial charge in [0.05, 0.1) is 30.7 Å². The van der Waals surface area contributed by atoms with E-state index in [0.29, 0.717) is 56.1 Å². The topological polar surface area (TPSA) is 93.5 Å². The molecule has 1 aliphatic rings. The summed E-state index contributed by atoms with van der Waals surface area (Å²) in [6.45, 7) is 4.52. The zero-order valence-corrected chi connectivity index (χ0v) is 16.2. The predicted octanol–water partition coefficient (Wildman–Crippen LogP) is 1.79. The Labute approximate surface area is 167 Å². The van der Waals surface area contributed by atoms with E-state index in [2.05, 4.69) is 15.0 Å². The Bertz CT molecular complexity index is 1010. The molecule has 1 aliphatic heterocycles. The molecule has 0 aliphatic carbocycles. The minimum atomic E-state index is -0.332. The molecule has 0 unspecified atom stereocenters. The van der Waals surface area contributed by atoms with Crippen molar-refractivity contribution in [2.45, 2.75) is 13.5 Å². The highest BCUT2D eigenvalue weighted by atomic mass is 16.6. The van der Waals surface area contributed by atoms with E-state index in [1.54, 1.807) is 41.5 Å². The fraction of sp³-hybridized carbons (Fsp3) is 0.350. The van der Waals surface area contributed by atoms with E-state index in [9.17, 15) is 9.59 Å². The van der Waals surface area contributed by atoms with Crippen molar-refractivity contribution in [1.29, 1.82) is 0 Å². The van der Waals surface area contributed by atoms with E-state index in [0.717, 1.165) is 5.69 Å². The molecule has 0 bridgehead atoms. The van der Waals surface area contributed by atoms with Crippen molar-refractivity contribution in [2.24, 2.45) is 0 Å². The zero-order chi connectivity index (χ0) is 20.2. The third kappa shape index (κ3) is 4.03. The third-order valence-electron chi connectivity index (χ3n) is 4.85. The van der Waals surface area contributed by atoms with Crippen LogP contribution in [0.5, 0.6) is 0 Å². The highest BCUT2D eigenvalue weighted by molar-refractivity contribution is 5.96. The first kappa shape index (κ1) is 18.9. The Kier molecular flexibility index (Phi) is 5.37. The van der Waals surface area contributed by atoms with Gasteiger partial charge in [0.15, 0.2) is 5.65 Å². The van der Waals surface area contributed by atoms with E-state index in [1.807, 2.05) is 22.8 Å². The average molecular weight is 394 g/mol. The molecule has 0 atom stereocenters. The lowest BCUT2D eigenvalue weighted by atomic mass is 10.2. The number of aromatic nitrogens is 4. The van der Waals surface area contributed by atoms with Crippen LogP contribution in [0.15, 0.2) is 43.0 Å². The number of pyridine rings is 2. The maximum absolute atomic E-state index is 12.9. The summed E-state index contributed by atoms with van der Waals surface area (Å²) < 4.78 is 6.92. The number of fused-ring (bicyclic) bond motifs is 1. The molecule has 3 aromatic heterocycles. The molecule has 3 aromatic rings. The van der Waals surface area contributed by atoms with Gasteiger partial charge < -0.3 is 19.1 Å². The summed E-state index contributed by atoms with van der Waals surface area (Å²) in [4.78, 5) is 41.2. The monoisotopic (exact) mass is 394 g/mol. The number of hydrogen-bond donors (Lipinski definition) is 0. The van der Waals surface area contributed by atoms with Gasteiger partial charge in [-0.15, -0.1) is 0 Å². The second kappa shape index (κ2) is 8.26. The molecule has 0 radical (unpaired) electrons. The van der Waals surface area contributed by atoms with Gasteiger partial charge in [-0.05, 0) is 25.1 Å². The molecule has 4 rings (SSSR count). The van der Waals surface area contributed by atoms with Crippen molar-refractivity contribution < 1.29 is 14.3 Å². The lowest BCUT2D eigenvalue weighted by Crippen LogP contribution is -2.50. The van der Waals surface area contributed by atoms with Crippen LogP contribution in [-0.2, 0) is 11.3 Å². The Morgan fingerprint density at radius 2 is 1.86 bits per heavy atom. The summed E-state index contributed by atoms with van der Waals surface area (Å²) in [6.07, 6.45) is 4.71. The Morgan fingerprint density at radius 1 is 1.07 bits per heavy atom. The van der Waals surface area contributed by atoms with Gasteiger partial charge in [-0.25, -0.2) is 14.8 Å². The van der Waals surface area contributed by atoms with Crippen LogP contribution in [0.25, 0.3) is 11.2 Å². The third-order valence-corrected chi connectivity index (χ3v) is 4.85. The number of imidazole rings is 1. The van der Waals surface area contributed by atoms with Crippen LogP contribution < -0.4 is 0 Å². The number of carbonyl (C=O) groups is 2. The van der Waals surface area contributed by atoms with E-state index in [1.165, 1.54) is 0 Å². The minimum Gasteiger partial charge on any atom is -0.450 e. The highest BCUT2D eigenvalue weighted by Crippen LogP contribution is 2.16. The molecule has 0 saturated carbocycles. The van der Waals surface area contributed by atoms with Gasteiger partial charge in [-0.2, -0.15) is 0 Å². The summed E-state index contributed by atoms with van der Waals surface area (Å²) in [6, 6.07) is 7.52. The van der Waals surface area contributed by atoms with Gasteiger partial charge in [0.1, 0.15) is 5.52 Å². The average Bonchev–Trinajstić information content (AvgIpc) is 3.16. The van der Waals surface area contributed by atoms with Crippen molar-refractivity contribution in [3.63, 3.8) is 0 Å². The number of carbonyl (C=O) groups excluding carboxylic acids is 2. The van der Waals surface area contributed by atoms with Crippen LogP contribution in [0.2, 0.25) is 0 Å². The number of rotatable bonds is 4. The fourth-order valence-corrected chi connectivity index (χ4v) is 3.34. The van der Waals surface area contributed by atoms with Crippen molar-refractivity contribution >= 4 is 23.2 Å². The van der Waals surface area contributed by atoms with Gasteiger partial charge in [0.2, 0.25) is 0 Å². The zero-order valence-electron chi connectivity index (χ0n) is 16.2. The predicted molar refractivity (Wildman–Crippen MR) is 105 cm³/mol. The van der Waals surface area contributed by atoms with Crippen LogP contribution in [0, 0.1) is 0 Å². The van der Waals surface area contributed by atoms with E-state index in [4.69, 9.17) is 4.74 Å². The molecule has 4 heterocycles. The molecule has 2 amide bonds. The minimum absolute atomic E-state index is 0.109. The van der Waals surface area contributed by atoms with Crippen LogP contribution in [-0.4, -0.2) is 74.1 Å². The van der Waals surface area contributed by atoms with Crippen molar-refractivity contribution in [2.75, 3.05) is 32.8 Å². The summed E-state index contributed by atoms with van der Waals surface area (Å²) in [5.74, 6) is -0.109. The number of piperazine rings is 1. The second-order valence-corrected chi connectivity index (χ2v) is 6.74. The van der Waals surface area contributed by atoms with E-state index >= 15 is 0 Å². The van der Waals surface area contributed by atoms with E-state index in [-0.39, 0.29) is 12.0 Å². The Morgan fingerprint density at radius 3 is 2.59 bits per heavy atom. The standard InChI is InChI=1S/C20H22N6O3/c1-2-29-20(28)25-9-7-24(8-10-25)19(27)15-11-17-18(22-12-15)26(14-23-17)13-16-5-3-4-6-21-16/h3-6,11-12,14H,2,7-10,13H2,1H3. The normalized spacial score (nSPS) is 14.2. The largest absolute Gasteiger partial charge is 0.450 e. The van der Waals surface area contributed by atoms with Gasteiger partial charge in [0.25, 0.3) is 5.91 Å². The number of amides is 2. The first-order chi connectivity index (χ1) is 14.2. The Balaban J connectivity index is 1.45. The summed E-state index contributed by atoms with van der Waals surface area (Å²) in [5, 5.41) is 0. The molecule has 29 heavy (non-hydrogen) atoms. The van der Waals surface area contributed by atoms with Crippen LogP contribution in [0.3, 0.4) is 0 Å². The fourth-order valence-electron chi connectivity index (χ4n) is 3.34. The summed E-state index contributed by atoms with van der Waals surface area (Å²) in [5.41, 5.74) is 2.77. The maximum atomic E-state index is 12.9. The van der Waals surface area contributed by atoms with Gasteiger partial charge in [-0.3, -0.25) is 9.78 Å². The SMILES string of the molecule is CCOC(=O)N1CCN(C(=O)c2cnc3c(c2)ncn3Cc2ccccn2)CC1. The lowest BCUT2D eigenvalue weighted by Gasteiger charge is -2.34. The Hall–Kier alpha value is -3.49. The first-order valence-electron chi connectivity index (χ1n) is 9.57. The lowest BCUT2D eigenvalue weighted by molar-refractivity contribution is 0.0570. The molecule has 0 N–H and O–H groups in total. The summed E-state index contributed by atoms with van der Waals surface area (Å²) in [7, 11) is 0. The van der Waals surface area contributed by atoms with Crippen molar-refractivity contribution in [3.05, 3.63) is 54.2 Å². The highest BCUT2D eigenvalue weighted by Gasteiger charge is 2.26. The molecule has 0 aromatic carbocycles. The molecule has 9 heteroatoms. The van der Waals surface area contributed by atoms with Crippen LogP contribution in [0.4, 0.5) is 4.79 Å². The first-order valence-corrected chi connectivity index (χ1v) is 9.57. The second-order valence-electron chi connectivity index (χ2n) is 6.74. The number of nitrogens with zero attached hydrogens (tertiary/aromatic N) is 6. The number of ether oxygens (including phenoxy) is 1. The molecule has 150 valence electrons. The molecular weight excluding hydrogens is 372 g/mol. The molecule has 1 fully saturated rings. The molecule has 0 spiro atoms. The van der Waals surface area contributed by atoms with Gasteiger partial charge >= 0.3 is 6.09 Å². The molecular formula is C20H22N6O3. The van der Waals surface area contributed by atoms with Crippen LogP contribution in [0.1, 0.15) is 23.0 Å². The van der Waals surface area contributed by atoms with Gasteiger partial charge in [0, 0.05) is 38.6 Å². The van der Waals surface area contributed by atoms with E-state index < -0.39 is 0 Å². The molecule has 9 nitrogen and oxygen atoms in total. The maximum Gasteiger partial charge on any atom is 0.409 e.